The number of piperidine rings is 1. The summed E-state index contributed by atoms with van der Waals surface area (Å²) in [7, 11) is -3.75. The maximum atomic E-state index is 13.1. The molecule has 7 rings (SSSR count). The minimum atomic E-state index is -3.75. The van der Waals surface area contributed by atoms with Crippen LogP contribution in [0.25, 0.3) is 28.2 Å². The van der Waals surface area contributed by atoms with Gasteiger partial charge in [-0.1, -0.05) is 30.3 Å². The summed E-state index contributed by atoms with van der Waals surface area (Å²) in [4.78, 5) is 29.0. The molecule has 2 aliphatic heterocycles. The largest absolute Gasteiger partial charge is 0.382 e. The smallest absolute Gasteiger partial charge is 0.276 e. The number of carbonyl (C=O) groups excluding carboxylic acids is 1. The van der Waals surface area contributed by atoms with E-state index in [-0.39, 0.29) is 40.3 Å². The van der Waals surface area contributed by atoms with Crippen LogP contribution in [0.15, 0.2) is 60.0 Å². The monoisotopic (exact) mass is 570 g/mol. The Labute approximate surface area is 234 Å². The van der Waals surface area contributed by atoms with Crippen LogP contribution in [0.3, 0.4) is 0 Å². The molecule has 1 amide bonds. The highest BCUT2D eigenvalue weighted by molar-refractivity contribution is 7.91. The number of aromatic amines is 1. The number of nitrogens with zero attached hydrogens (tertiary/aromatic N) is 8. The lowest BCUT2D eigenvalue weighted by Crippen LogP contribution is -2.46. The zero-order chi connectivity index (χ0) is 28.3. The molecule has 2 aliphatic rings. The first kappa shape index (κ1) is 25.3. The van der Waals surface area contributed by atoms with E-state index < -0.39 is 9.84 Å². The van der Waals surface area contributed by atoms with E-state index in [4.69, 9.17) is 10.7 Å². The fourth-order valence-electron chi connectivity index (χ4n) is 6.25. The molecule has 0 spiro atoms. The van der Waals surface area contributed by atoms with Gasteiger partial charge in [0, 0.05) is 53.3 Å². The molecule has 14 heteroatoms. The van der Waals surface area contributed by atoms with Crippen molar-refractivity contribution < 1.29 is 13.2 Å². The van der Waals surface area contributed by atoms with Crippen molar-refractivity contribution >= 4 is 27.2 Å². The maximum absolute atomic E-state index is 13.1. The van der Waals surface area contributed by atoms with Gasteiger partial charge in [-0.25, -0.2) is 23.4 Å². The Balaban J connectivity index is 1.29. The fraction of sp³-hybridized carbons (Fsp3) is 0.296. The van der Waals surface area contributed by atoms with E-state index in [9.17, 15) is 13.2 Å². The summed E-state index contributed by atoms with van der Waals surface area (Å²) in [5.74, 6) is 0.202. The number of carbonyl (C=O) groups is 1. The van der Waals surface area contributed by atoms with Crippen LogP contribution in [-0.2, 0) is 9.84 Å². The Kier molecular flexibility index (Phi) is 5.81. The summed E-state index contributed by atoms with van der Waals surface area (Å²) in [6.07, 6.45) is 10.3. The second-order valence-corrected chi connectivity index (χ2v) is 12.5. The summed E-state index contributed by atoms with van der Waals surface area (Å²) in [5.41, 5.74) is 9.81. The summed E-state index contributed by atoms with van der Waals surface area (Å²) >= 11 is 0. The number of anilines is 1. The third-order valence-corrected chi connectivity index (χ3v) is 9.18. The van der Waals surface area contributed by atoms with Crippen LogP contribution < -0.4 is 5.73 Å². The van der Waals surface area contributed by atoms with Gasteiger partial charge >= 0.3 is 0 Å². The minimum Gasteiger partial charge on any atom is -0.382 e. The van der Waals surface area contributed by atoms with Crippen molar-refractivity contribution in [3.8, 4) is 22.5 Å². The number of rotatable bonds is 5. The molecule has 0 saturated carbocycles. The first-order chi connectivity index (χ1) is 19.8. The highest BCUT2D eigenvalue weighted by atomic mass is 32.2. The second-order valence-electron chi connectivity index (χ2n) is 10.6. The number of hydrogen-bond acceptors (Lipinski definition) is 10. The van der Waals surface area contributed by atoms with Crippen LogP contribution in [-0.4, -0.2) is 77.5 Å². The predicted molar refractivity (Wildman–Crippen MR) is 148 cm³/mol. The van der Waals surface area contributed by atoms with Crippen molar-refractivity contribution in [2.75, 3.05) is 12.0 Å². The number of nitrogen functional groups attached to an aromatic ring is 1. The van der Waals surface area contributed by atoms with Gasteiger partial charge in [-0.3, -0.25) is 4.79 Å². The van der Waals surface area contributed by atoms with Gasteiger partial charge in [0.2, 0.25) is 0 Å². The lowest BCUT2D eigenvalue weighted by atomic mass is 9.87. The molecular weight excluding hydrogens is 544 g/mol. The summed E-state index contributed by atoms with van der Waals surface area (Å²) in [6, 6.07) is 9.50. The molecule has 41 heavy (non-hydrogen) atoms. The number of benzene rings is 1. The second kappa shape index (κ2) is 9.44. The Bertz CT molecular complexity index is 1860. The number of nitrogens with one attached hydrogen (secondary N) is 1. The minimum absolute atomic E-state index is 0.00836. The van der Waals surface area contributed by atoms with Gasteiger partial charge in [0.15, 0.2) is 27.0 Å². The average molecular weight is 571 g/mol. The van der Waals surface area contributed by atoms with Gasteiger partial charge in [-0.2, -0.15) is 25.0 Å². The lowest BCUT2D eigenvalue weighted by molar-refractivity contribution is 0.0562. The normalized spacial score (nSPS) is 20.5. The van der Waals surface area contributed by atoms with Crippen LogP contribution in [0, 0.1) is 0 Å². The summed E-state index contributed by atoms with van der Waals surface area (Å²) in [6.45, 7) is 0. The molecule has 2 fully saturated rings. The number of hydrogen-bond donors (Lipinski definition) is 2. The molecule has 2 bridgehead atoms. The third kappa shape index (κ3) is 4.22. The van der Waals surface area contributed by atoms with Gasteiger partial charge in [0.05, 0.1) is 18.1 Å². The van der Waals surface area contributed by atoms with Crippen molar-refractivity contribution in [3.05, 3.63) is 66.5 Å². The number of H-pyrrole nitrogens is 1. The first-order valence-corrected chi connectivity index (χ1v) is 15.1. The van der Waals surface area contributed by atoms with Crippen molar-refractivity contribution in [2.45, 2.75) is 48.6 Å². The van der Waals surface area contributed by atoms with E-state index >= 15 is 0 Å². The van der Waals surface area contributed by atoms with Crippen LogP contribution >= 0.6 is 0 Å². The van der Waals surface area contributed by atoms with E-state index in [0.717, 1.165) is 24.7 Å². The Morgan fingerprint density at radius 3 is 2.34 bits per heavy atom. The molecule has 2 atom stereocenters. The quantitative estimate of drug-likeness (QED) is 0.319. The SMILES string of the molecule is CS(=O)(=O)c1c(C2CC3CCC(C2)N3C(=O)c2cn[nH]n2)nc2c(-c3cnc(-c4ccccc4)nc3)cnn2c1N. The number of amides is 1. The van der Waals surface area contributed by atoms with Crippen molar-refractivity contribution in [3.63, 3.8) is 0 Å². The van der Waals surface area contributed by atoms with Crippen LogP contribution in [0.2, 0.25) is 0 Å². The van der Waals surface area contributed by atoms with Crippen molar-refractivity contribution in [1.29, 1.82) is 0 Å². The molecule has 208 valence electrons. The van der Waals surface area contributed by atoms with Crippen LogP contribution in [0.5, 0.6) is 0 Å². The van der Waals surface area contributed by atoms with Gasteiger partial charge in [-0.05, 0) is 25.7 Å². The summed E-state index contributed by atoms with van der Waals surface area (Å²) in [5, 5.41) is 14.6. The fourth-order valence-corrected chi connectivity index (χ4v) is 7.31. The van der Waals surface area contributed by atoms with E-state index in [1.807, 2.05) is 35.2 Å². The molecule has 2 saturated heterocycles. The number of fused-ring (bicyclic) bond motifs is 3. The number of sulfone groups is 1. The molecule has 4 aromatic heterocycles. The van der Waals surface area contributed by atoms with E-state index in [0.29, 0.717) is 41.1 Å². The molecule has 0 radical (unpaired) electrons. The third-order valence-electron chi connectivity index (χ3n) is 8.02. The lowest BCUT2D eigenvalue weighted by Gasteiger charge is -2.38. The molecule has 3 N–H and O–H groups in total. The molecule has 6 heterocycles. The van der Waals surface area contributed by atoms with E-state index in [1.54, 1.807) is 18.6 Å². The van der Waals surface area contributed by atoms with Crippen molar-refractivity contribution in [1.82, 2.24) is 44.9 Å². The molecular formula is C27H26N10O3S. The predicted octanol–water partition coefficient (Wildman–Crippen LogP) is 2.51. The molecule has 0 aliphatic carbocycles. The summed E-state index contributed by atoms with van der Waals surface area (Å²) < 4.78 is 27.5. The van der Waals surface area contributed by atoms with Crippen LogP contribution in [0.4, 0.5) is 5.82 Å². The van der Waals surface area contributed by atoms with E-state index in [2.05, 4.69) is 30.5 Å². The van der Waals surface area contributed by atoms with Gasteiger partial charge < -0.3 is 10.6 Å². The van der Waals surface area contributed by atoms with Gasteiger partial charge in [0.1, 0.15) is 10.7 Å². The van der Waals surface area contributed by atoms with Crippen molar-refractivity contribution in [2.24, 2.45) is 0 Å². The van der Waals surface area contributed by atoms with Gasteiger partial charge in [0.25, 0.3) is 5.91 Å². The van der Waals surface area contributed by atoms with Crippen LogP contribution in [0.1, 0.15) is 47.8 Å². The Hall–Kier alpha value is -4.72. The zero-order valence-electron chi connectivity index (χ0n) is 22.0. The topological polar surface area (TPSA) is 178 Å². The number of nitrogens with two attached hydrogens (primary N) is 1. The number of aromatic nitrogens is 8. The highest BCUT2D eigenvalue weighted by Gasteiger charge is 2.46. The molecule has 1 aromatic carbocycles. The Morgan fingerprint density at radius 1 is 1.00 bits per heavy atom. The molecule has 2 unspecified atom stereocenters. The first-order valence-electron chi connectivity index (χ1n) is 13.2. The maximum Gasteiger partial charge on any atom is 0.276 e. The molecule has 5 aromatic rings. The standard InChI is InChI=1S/C27H26N10O3S/c1-41(39,40)23-22(16-9-18-7-8-19(10-16)36(18)27(38)21-14-31-35-34-21)33-26-20(13-32-37(26)24(23)28)17-11-29-25(30-12-17)15-5-3-2-4-6-15/h2-6,11-14,16,18-19H,7-10,28H2,1H3,(H,31,34,35). The molecule has 13 nitrogen and oxygen atoms in total. The average Bonchev–Trinajstić information content (AvgIpc) is 3.71. The van der Waals surface area contributed by atoms with Gasteiger partial charge in [-0.15, -0.1) is 0 Å². The highest BCUT2D eigenvalue weighted by Crippen LogP contribution is 2.45. The zero-order valence-corrected chi connectivity index (χ0v) is 22.9. The van der Waals surface area contributed by atoms with E-state index in [1.165, 1.54) is 10.7 Å². The Morgan fingerprint density at radius 2 is 1.71 bits per heavy atom.